The van der Waals surface area contributed by atoms with Gasteiger partial charge < -0.3 is 19.7 Å². The summed E-state index contributed by atoms with van der Waals surface area (Å²) in [5.41, 5.74) is 2.69. The first kappa shape index (κ1) is 16.4. The standard InChI is InChI=1S/C18H20N4O4/c1-11(23)22-5-4-13-14(10-22)20-21-18(13)19-17(24)9-12-2-3-15-16(8-12)26-7-6-25-15/h2-3,8H,4-7,9-10H2,1H3,(H2,19,20,21,24). The number of aromatic amines is 1. The van der Waals surface area contributed by atoms with E-state index in [4.69, 9.17) is 9.47 Å². The third-order valence-corrected chi connectivity index (χ3v) is 4.61. The summed E-state index contributed by atoms with van der Waals surface area (Å²) in [6.45, 7) is 3.73. The number of hydrogen-bond acceptors (Lipinski definition) is 5. The smallest absolute Gasteiger partial charge is 0.230 e. The number of nitrogens with zero attached hydrogens (tertiary/aromatic N) is 2. The number of aromatic nitrogens is 2. The molecule has 2 aliphatic heterocycles. The van der Waals surface area contributed by atoms with Gasteiger partial charge in [0.2, 0.25) is 11.8 Å². The lowest BCUT2D eigenvalue weighted by Crippen LogP contribution is -2.34. The highest BCUT2D eigenvalue weighted by molar-refractivity contribution is 5.92. The Morgan fingerprint density at radius 2 is 2.08 bits per heavy atom. The Hall–Kier alpha value is -3.03. The molecule has 0 saturated heterocycles. The van der Waals surface area contributed by atoms with Crippen LogP contribution in [0, 0.1) is 0 Å². The number of nitrogens with one attached hydrogen (secondary N) is 2. The van der Waals surface area contributed by atoms with Crippen molar-refractivity contribution in [1.82, 2.24) is 15.1 Å². The SMILES string of the molecule is CC(=O)N1CCc2c(NC(=O)Cc3ccc4c(c3)OCCO4)n[nH]c2C1. The molecule has 0 fully saturated rings. The summed E-state index contributed by atoms with van der Waals surface area (Å²) in [6, 6.07) is 5.51. The van der Waals surface area contributed by atoms with Crippen molar-refractivity contribution >= 4 is 17.6 Å². The summed E-state index contributed by atoms with van der Waals surface area (Å²) in [5.74, 6) is 1.81. The molecule has 0 saturated carbocycles. The van der Waals surface area contributed by atoms with Crippen molar-refractivity contribution in [2.45, 2.75) is 26.3 Å². The zero-order valence-electron chi connectivity index (χ0n) is 14.5. The molecule has 2 amide bonds. The molecule has 8 heteroatoms. The first-order chi connectivity index (χ1) is 12.6. The van der Waals surface area contributed by atoms with Gasteiger partial charge in [-0.1, -0.05) is 6.07 Å². The van der Waals surface area contributed by atoms with Crippen LogP contribution >= 0.6 is 0 Å². The van der Waals surface area contributed by atoms with E-state index in [0.29, 0.717) is 50.0 Å². The maximum Gasteiger partial charge on any atom is 0.230 e. The lowest BCUT2D eigenvalue weighted by molar-refractivity contribution is -0.129. The van der Waals surface area contributed by atoms with Gasteiger partial charge in [0.15, 0.2) is 17.3 Å². The number of amides is 2. The lowest BCUT2D eigenvalue weighted by Gasteiger charge is -2.25. The summed E-state index contributed by atoms with van der Waals surface area (Å²) in [5, 5.41) is 10.00. The quantitative estimate of drug-likeness (QED) is 0.863. The van der Waals surface area contributed by atoms with E-state index in [-0.39, 0.29) is 18.2 Å². The Morgan fingerprint density at radius 1 is 1.27 bits per heavy atom. The van der Waals surface area contributed by atoms with Gasteiger partial charge in [-0.05, 0) is 24.1 Å². The third-order valence-electron chi connectivity index (χ3n) is 4.61. The minimum atomic E-state index is -0.148. The Bertz CT molecular complexity index is 861. The number of rotatable bonds is 3. The fourth-order valence-corrected chi connectivity index (χ4v) is 3.25. The van der Waals surface area contributed by atoms with Crippen LogP contribution in [0.4, 0.5) is 5.82 Å². The van der Waals surface area contributed by atoms with Crippen molar-refractivity contribution in [2.24, 2.45) is 0 Å². The van der Waals surface area contributed by atoms with Crippen LogP contribution < -0.4 is 14.8 Å². The summed E-state index contributed by atoms with van der Waals surface area (Å²) >= 11 is 0. The monoisotopic (exact) mass is 356 g/mol. The molecule has 0 aliphatic carbocycles. The third kappa shape index (κ3) is 3.22. The van der Waals surface area contributed by atoms with Gasteiger partial charge in [-0.15, -0.1) is 0 Å². The van der Waals surface area contributed by atoms with Crippen LogP contribution in [0.1, 0.15) is 23.7 Å². The predicted molar refractivity (Wildman–Crippen MR) is 93.1 cm³/mol. The molecule has 3 heterocycles. The van der Waals surface area contributed by atoms with Crippen LogP contribution in [-0.2, 0) is 29.0 Å². The van der Waals surface area contributed by atoms with Crippen molar-refractivity contribution in [1.29, 1.82) is 0 Å². The molecule has 1 aromatic carbocycles. The fourth-order valence-electron chi connectivity index (χ4n) is 3.25. The van der Waals surface area contributed by atoms with Crippen molar-refractivity contribution < 1.29 is 19.1 Å². The number of carbonyl (C=O) groups excluding carboxylic acids is 2. The van der Waals surface area contributed by atoms with E-state index in [0.717, 1.165) is 16.8 Å². The molecule has 4 rings (SSSR count). The number of benzene rings is 1. The van der Waals surface area contributed by atoms with Crippen molar-refractivity contribution in [3.05, 3.63) is 35.0 Å². The fraction of sp³-hybridized carbons (Fsp3) is 0.389. The lowest BCUT2D eigenvalue weighted by atomic mass is 10.1. The molecule has 2 aliphatic rings. The zero-order chi connectivity index (χ0) is 18.1. The van der Waals surface area contributed by atoms with Crippen LogP contribution in [0.25, 0.3) is 0 Å². The van der Waals surface area contributed by atoms with E-state index < -0.39 is 0 Å². The topological polar surface area (TPSA) is 96.6 Å². The van der Waals surface area contributed by atoms with Crippen LogP contribution in [0.2, 0.25) is 0 Å². The highest BCUT2D eigenvalue weighted by Crippen LogP contribution is 2.31. The van der Waals surface area contributed by atoms with E-state index in [1.54, 1.807) is 11.8 Å². The maximum absolute atomic E-state index is 12.4. The molecule has 8 nitrogen and oxygen atoms in total. The van der Waals surface area contributed by atoms with E-state index in [1.807, 2.05) is 18.2 Å². The summed E-state index contributed by atoms with van der Waals surface area (Å²) in [4.78, 5) is 25.7. The highest BCUT2D eigenvalue weighted by atomic mass is 16.6. The Morgan fingerprint density at radius 3 is 2.88 bits per heavy atom. The van der Waals surface area contributed by atoms with Gasteiger partial charge in [-0.25, -0.2) is 0 Å². The Balaban J connectivity index is 1.42. The molecule has 0 spiro atoms. The van der Waals surface area contributed by atoms with Crippen LogP contribution in [0.3, 0.4) is 0 Å². The van der Waals surface area contributed by atoms with Gasteiger partial charge in [0, 0.05) is 19.0 Å². The normalized spacial score (nSPS) is 15.3. The molecule has 0 atom stereocenters. The average Bonchev–Trinajstić information content (AvgIpc) is 3.03. The van der Waals surface area contributed by atoms with Gasteiger partial charge in [0.05, 0.1) is 18.7 Å². The predicted octanol–water partition coefficient (Wildman–Crippen LogP) is 1.27. The second-order valence-corrected chi connectivity index (χ2v) is 6.42. The van der Waals surface area contributed by atoms with Gasteiger partial charge >= 0.3 is 0 Å². The molecule has 2 N–H and O–H groups in total. The first-order valence-electron chi connectivity index (χ1n) is 8.60. The second-order valence-electron chi connectivity index (χ2n) is 6.42. The number of anilines is 1. The molecule has 26 heavy (non-hydrogen) atoms. The molecule has 0 bridgehead atoms. The van der Waals surface area contributed by atoms with E-state index >= 15 is 0 Å². The van der Waals surface area contributed by atoms with Gasteiger partial charge in [-0.2, -0.15) is 5.10 Å². The first-order valence-corrected chi connectivity index (χ1v) is 8.60. The van der Waals surface area contributed by atoms with Crippen LogP contribution in [0.15, 0.2) is 18.2 Å². The molecule has 136 valence electrons. The number of fused-ring (bicyclic) bond motifs is 2. The van der Waals surface area contributed by atoms with E-state index in [1.165, 1.54) is 0 Å². The van der Waals surface area contributed by atoms with Crippen LogP contribution in [-0.4, -0.2) is 46.7 Å². The van der Waals surface area contributed by atoms with Crippen LogP contribution in [0.5, 0.6) is 11.5 Å². The Kier molecular flexibility index (Phi) is 4.24. The van der Waals surface area contributed by atoms with E-state index in [9.17, 15) is 9.59 Å². The maximum atomic E-state index is 12.4. The molecule has 2 aromatic rings. The zero-order valence-corrected chi connectivity index (χ0v) is 14.5. The molecule has 0 radical (unpaired) electrons. The van der Waals surface area contributed by atoms with Gasteiger partial charge in [-0.3, -0.25) is 14.7 Å². The number of hydrogen-bond donors (Lipinski definition) is 2. The molecular weight excluding hydrogens is 336 g/mol. The minimum absolute atomic E-state index is 0.0365. The van der Waals surface area contributed by atoms with Gasteiger partial charge in [0.25, 0.3) is 0 Å². The Labute approximate surface area is 150 Å². The molecular formula is C18H20N4O4. The number of H-pyrrole nitrogens is 1. The number of carbonyl (C=O) groups is 2. The van der Waals surface area contributed by atoms with E-state index in [2.05, 4.69) is 15.5 Å². The molecule has 1 aromatic heterocycles. The minimum Gasteiger partial charge on any atom is -0.486 e. The van der Waals surface area contributed by atoms with Gasteiger partial charge in [0.1, 0.15) is 13.2 Å². The number of ether oxygens (including phenoxy) is 2. The summed E-state index contributed by atoms with van der Waals surface area (Å²) in [7, 11) is 0. The van der Waals surface area contributed by atoms with Crippen molar-refractivity contribution in [2.75, 3.05) is 25.1 Å². The van der Waals surface area contributed by atoms with Crippen molar-refractivity contribution in [3.8, 4) is 11.5 Å². The van der Waals surface area contributed by atoms with Crippen molar-refractivity contribution in [3.63, 3.8) is 0 Å². The highest BCUT2D eigenvalue weighted by Gasteiger charge is 2.24. The summed E-state index contributed by atoms with van der Waals surface area (Å²) in [6.07, 6.45) is 0.892. The second kappa shape index (κ2) is 6.70. The molecule has 0 unspecified atom stereocenters. The average molecular weight is 356 g/mol. The largest absolute Gasteiger partial charge is 0.486 e. The summed E-state index contributed by atoms with van der Waals surface area (Å²) < 4.78 is 11.0.